The molecule has 1 aliphatic rings. The summed E-state index contributed by atoms with van der Waals surface area (Å²) in [7, 11) is 2.55. The number of hydrogen-bond donors (Lipinski definition) is 0. The number of aromatic nitrogens is 1. The average Bonchev–Trinajstić information content (AvgIpc) is 3.22. The van der Waals surface area contributed by atoms with Crippen LogP contribution in [0.2, 0.25) is 0 Å². The molecular formula is C22H20N2O5S. The van der Waals surface area contributed by atoms with Crippen LogP contribution >= 0.6 is 11.3 Å². The minimum atomic E-state index is -0.625. The SMILES string of the molecule is COC(=O)C1=C(C(=O)OC)N(c2cc(-c3nc4ccccc4s3)ccc2C)COC1. The van der Waals surface area contributed by atoms with E-state index in [1.54, 1.807) is 16.2 Å². The van der Waals surface area contributed by atoms with Crippen LogP contribution in [0.5, 0.6) is 0 Å². The van der Waals surface area contributed by atoms with E-state index in [-0.39, 0.29) is 24.6 Å². The van der Waals surface area contributed by atoms with Gasteiger partial charge in [0.2, 0.25) is 0 Å². The molecule has 7 nitrogen and oxygen atoms in total. The van der Waals surface area contributed by atoms with E-state index in [1.807, 2.05) is 49.4 Å². The Hall–Kier alpha value is -3.23. The maximum absolute atomic E-state index is 12.6. The smallest absolute Gasteiger partial charge is 0.355 e. The number of thiazole rings is 1. The van der Waals surface area contributed by atoms with Crippen LogP contribution in [0.15, 0.2) is 53.7 Å². The van der Waals surface area contributed by atoms with Crippen LogP contribution < -0.4 is 4.90 Å². The molecule has 0 amide bonds. The molecule has 154 valence electrons. The molecule has 3 aromatic rings. The fourth-order valence-electron chi connectivity index (χ4n) is 3.36. The number of carbonyl (C=O) groups excluding carboxylic acids is 2. The molecule has 1 aromatic heterocycles. The Morgan fingerprint density at radius 2 is 1.87 bits per heavy atom. The molecule has 0 aliphatic carbocycles. The summed E-state index contributed by atoms with van der Waals surface area (Å²) in [5, 5.41) is 0.868. The van der Waals surface area contributed by atoms with E-state index < -0.39 is 11.9 Å². The summed E-state index contributed by atoms with van der Waals surface area (Å²) in [6.07, 6.45) is 0. The summed E-state index contributed by atoms with van der Waals surface area (Å²) in [6.45, 7) is 2.01. The van der Waals surface area contributed by atoms with Crippen molar-refractivity contribution in [1.82, 2.24) is 4.98 Å². The molecular weight excluding hydrogens is 404 g/mol. The summed E-state index contributed by atoms with van der Waals surface area (Å²) in [5.74, 6) is -1.25. The van der Waals surface area contributed by atoms with Crippen molar-refractivity contribution in [2.24, 2.45) is 0 Å². The van der Waals surface area contributed by atoms with E-state index in [4.69, 9.17) is 19.2 Å². The largest absolute Gasteiger partial charge is 0.466 e. The number of para-hydroxylation sites is 1. The minimum absolute atomic E-state index is 0.0236. The molecule has 1 aliphatic heterocycles. The average molecular weight is 424 g/mol. The second kappa shape index (κ2) is 8.25. The number of benzene rings is 2. The lowest BCUT2D eigenvalue weighted by Crippen LogP contribution is -2.39. The lowest BCUT2D eigenvalue weighted by Gasteiger charge is -2.32. The van der Waals surface area contributed by atoms with Crippen molar-refractivity contribution < 1.29 is 23.8 Å². The van der Waals surface area contributed by atoms with Gasteiger partial charge in [0.25, 0.3) is 0 Å². The molecule has 0 saturated carbocycles. The molecule has 2 heterocycles. The van der Waals surface area contributed by atoms with Crippen LogP contribution in [0, 0.1) is 6.92 Å². The topological polar surface area (TPSA) is 78.0 Å². The van der Waals surface area contributed by atoms with Gasteiger partial charge >= 0.3 is 11.9 Å². The number of anilines is 1. The standard InChI is InChI=1S/C22H20N2O5S/c1-13-8-9-14(20-23-16-6-4-5-7-18(16)30-20)10-17(13)24-12-29-11-15(21(25)27-2)19(24)22(26)28-3/h4-10H,11-12H2,1-3H3. The maximum atomic E-state index is 12.6. The van der Waals surface area contributed by atoms with Gasteiger partial charge in [-0.05, 0) is 30.7 Å². The zero-order valence-electron chi connectivity index (χ0n) is 16.8. The number of fused-ring (bicyclic) bond motifs is 1. The van der Waals surface area contributed by atoms with Crippen LogP contribution in [0.3, 0.4) is 0 Å². The summed E-state index contributed by atoms with van der Waals surface area (Å²) >= 11 is 1.59. The molecule has 0 atom stereocenters. The molecule has 30 heavy (non-hydrogen) atoms. The van der Waals surface area contributed by atoms with Crippen LogP contribution in [0.1, 0.15) is 5.56 Å². The van der Waals surface area contributed by atoms with Crippen LogP contribution in [0.25, 0.3) is 20.8 Å². The summed E-state index contributed by atoms with van der Waals surface area (Å²) in [5.41, 5.74) is 3.74. The fraction of sp³-hybridized carbons (Fsp3) is 0.227. The molecule has 0 spiro atoms. The maximum Gasteiger partial charge on any atom is 0.355 e. The first-order valence-corrected chi connectivity index (χ1v) is 10.1. The number of esters is 2. The Balaban J connectivity index is 1.83. The molecule has 0 fully saturated rings. The highest BCUT2D eigenvalue weighted by molar-refractivity contribution is 7.21. The second-order valence-electron chi connectivity index (χ2n) is 6.70. The van der Waals surface area contributed by atoms with Gasteiger partial charge in [-0.15, -0.1) is 11.3 Å². The Morgan fingerprint density at radius 1 is 1.10 bits per heavy atom. The van der Waals surface area contributed by atoms with E-state index >= 15 is 0 Å². The van der Waals surface area contributed by atoms with Crippen molar-refractivity contribution in [2.45, 2.75) is 6.92 Å². The van der Waals surface area contributed by atoms with Gasteiger partial charge in [0.15, 0.2) is 0 Å². The number of carbonyl (C=O) groups is 2. The third-order valence-corrected chi connectivity index (χ3v) is 5.96. The lowest BCUT2D eigenvalue weighted by molar-refractivity contribution is -0.140. The molecule has 8 heteroatoms. The molecule has 0 unspecified atom stereocenters. The Morgan fingerprint density at radius 3 is 2.60 bits per heavy atom. The monoisotopic (exact) mass is 424 g/mol. The van der Waals surface area contributed by atoms with Gasteiger partial charge in [0.05, 0.1) is 36.6 Å². The summed E-state index contributed by atoms with van der Waals surface area (Å²) in [4.78, 5) is 31.2. The van der Waals surface area contributed by atoms with Gasteiger partial charge in [-0.1, -0.05) is 24.3 Å². The van der Waals surface area contributed by atoms with Gasteiger partial charge in [-0.2, -0.15) is 0 Å². The molecule has 0 radical (unpaired) electrons. The minimum Gasteiger partial charge on any atom is -0.466 e. The van der Waals surface area contributed by atoms with Gasteiger partial charge in [-0.3, -0.25) is 0 Å². The van der Waals surface area contributed by atoms with E-state index in [9.17, 15) is 9.59 Å². The van der Waals surface area contributed by atoms with E-state index in [0.29, 0.717) is 0 Å². The fourth-order valence-corrected chi connectivity index (χ4v) is 4.32. The van der Waals surface area contributed by atoms with Crippen molar-refractivity contribution in [3.05, 3.63) is 59.3 Å². The van der Waals surface area contributed by atoms with Gasteiger partial charge in [-0.25, -0.2) is 14.6 Å². The highest BCUT2D eigenvalue weighted by Gasteiger charge is 2.33. The Bertz CT molecular complexity index is 1130. The van der Waals surface area contributed by atoms with Crippen molar-refractivity contribution in [3.63, 3.8) is 0 Å². The zero-order valence-corrected chi connectivity index (χ0v) is 17.6. The first kappa shape index (κ1) is 20.1. The summed E-state index contributed by atoms with van der Waals surface area (Å²) in [6, 6.07) is 13.8. The third kappa shape index (κ3) is 3.55. The Kier molecular flexibility index (Phi) is 5.52. The van der Waals surface area contributed by atoms with E-state index in [2.05, 4.69) is 0 Å². The number of rotatable bonds is 4. The molecule has 0 N–H and O–H groups in total. The second-order valence-corrected chi connectivity index (χ2v) is 7.73. The van der Waals surface area contributed by atoms with Crippen molar-refractivity contribution >= 4 is 39.2 Å². The number of nitrogens with zero attached hydrogens (tertiary/aromatic N) is 2. The Labute approximate surface area is 177 Å². The number of hydrogen-bond acceptors (Lipinski definition) is 8. The highest BCUT2D eigenvalue weighted by Crippen LogP contribution is 2.35. The van der Waals surface area contributed by atoms with Gasteiger partial charge in [0, 0.05) is 11.3 Å². The van der Waals surface area contributed by atoms with Crippen LogP contribution in [0.4, 0.5) is 5.69 Å². The van der Waals surface area contributed by atoms with E-state index in [0.717, 1.165) is 32.0 Å². The van der Waals surface area contributed by atoms with Crippen molar-refractivity contribution in [2.75, 3.05) is 32.5 Å². The normalized spacial score (nSPS) is 14.2. The predicted molar refractivity (Wildman–Crippen MR) is 114 cm³/mol. The van der Waals surface area contributed by atoms with Gasteiger partial charge < -0.3 is 19.1 Å². The van der Waals surface area contributed by atoms with Crippen LogP contribution in [-0.4, -0.2) is 44.5 Å². The van der Waals surface area contributed by atoms with E-state index in [1.165, 1.54) is 14.2 Å². The quantitative estimate of drug-likeness (QED) is 0.592. The number of methoxy groups -OCH3 is 2. The zero-order chi connectivity index (χ0) is 21.3. The first-order valence-electron chi connectivity index (χ1n) is 9.25. The number of aryl methyl sites for hydroxylation is 1. The molecule has 0 saturated heterocycles. The van der Waals surface area contributed by atoms with Gasteiger partial charge in [0.1, 0.15) is 17.4 Å². The number of ether oxygens (including phenoxy) is 3. The van der Waals surface area contributed by atoms with Crippen LogP contribution in [-0.2, 0) is 23.8 Å². The third-order valence-electron chi connectivity index (χ3n) is 4.87. The predicted octanol–water partition coefficient (Wildman–Crippen LogP) is 3.67. The highest BCUT2D eigenvalue weighted by atomic mass is 32.1. The lowest BCUT2D eigenvalue weighted by atomic mass is 10.1. The van der Waals surface area contributed by atoms with Crippen molar-refractivity contribution in [1.29, 1.82) is 0 Å². The summed E-state index contributed by atoms with van der Waals surface area (Å²) < 4.78 is 16.5. The molecule has 2 aromatic carbocycles. The first-order chi connectivity index (χ1) is 14.5. The molecule has 0 bridgehead atoms. The molecule has 4 rings (SSSR count). The van der Waals surface area contributed by atoms with Crippen molar-refractivity contribution in [3.8, 4) is 10.6 Å².